The molecule has 156 valence electrons. The number of nitriles is 1. The third-order valence-electron chi connectivity index (χ3n) is 5.79. The average Bonchev–Trinajstić information content (AvgIpc) is 2.81. The molecule has 1 fully saturated rings. The molecule has 2 aromatic heterocycles. The van der Waals surface area contributed by atoms with Crippen LogP contribution in [0, 0.1) is 29.5 Å². The zero-order valence-electron chi connectivity index (χ0n) is 17.3. The molecule has 3 heterocycles. The van der Waals surface area contributed by atoms with Gasteiger partial charge in [0.1, 0.15) is 17.8 Å². The number of hydrogen-bond donors (Lipinski definition) is 0. The molecule has 0 spiro atoms. The van der Waals surface area contributed by atoms with Crippen LogP contribution in [0.25, 0.3) is 11.4 Å². The Balaban J connectivity index is 1.52. The Kier molecular flexibility index (Phi) is 5.72. The van der Waals surface area contributed by atoms with Gasteiger partial charge >= 0.3 is 0 Å². The van der Waals surface area contributed by atoms with E-state index in [0.29, 0.717) is 49.3 Å². The van der Waals surface area contributed by atoms with Crippen LogP contribution in [0.4, 0.5) is 4.39 Å². The molecular weight excluding hydrogens is 393 g/mol. The van der Waals surface area contributed by atoms with Gasteiger partial charge in [-0.2, -0.15) is 5.26 Å². The SMILES string of the molecule is Cc1ccc(C(=O)N2CCC(C#N)(Cc3ccc(F)cc3)CC2)c(-c2ccncn2)n1. The maximum atomic E-state index is 13.3. The summed E-state index contributed by atoms with van der Waals surface area (Å²) in [6.07, 6.45) is 4.73. The van der Waals surface area contributed by atoms with Crippen LogP contribution in [0.3, 0.4) is 0 Å². The van der Waals surface area contributed by atoms with Crippen molar-refractivity contribution < 1.29 is 9.18 Å². The van der Waals surface area contributed by atoms with Crippen LogP contribution in [-0.2, 0) is 6.42 Å². The maximum Gasteiger partial charge on any atom is 0.256 e. The highest BCUT2D eigenvalue weighted by Crippen LogP contribution is 2.35. The summed E-state index contributed by atoms with van der Waals surface area (Å²) in [6.45, 7) is 2.83. The number of pyridine rings is 1. The number of benzene rings is 1. The fourth-order valence-electron chi connectivity index (χ4n) is 3.98. The van der Waals surface area contributed by atoms with Crippen LogP contribution >= 0.6 is 0 Å². The van der Waals surface area contributed by atoms with Crippen molar-refractivity contribution in [2.45, 2.75) is 26.2 Å². The van der Waals surface area contributed by atoms with Gasteiger partial charge in [-0.15, -0.1) is 0 Å². The van der Waals surface area contributed by atoms with Crippen LogP contribution in [-0.4, -0.2) is 38.8 Å². The molecular formula is C24H22FN5O. The lowest BCUT2D eigenvalue weighted by atomic mass is 9.75. The molecule has 0 unspecified atom stereocenters. The molecule has 6 nitrogen and oxygen atoms in total. The van der Waals surface area contributed by atoms with E-state index >= 15 is 0 Å². The first-order chi connectivity index (χ1) is 15.0. The van der Waals surface area contributed by atoms with Crippen molar-refractivity contribution >= 4 is 5.91 Å². The first-order valence-corrected chi connectivity index (χ1v) is 10.2. The van der Waals surface area contributed by atoms with Crippen LogP contribution in [0.15, 0.2) is 55.0 Å². The second kappa shape index (κ2) is 8.60. The van der Waals surface area contributed by atoms with Crippen molar-refractivity contribution in [3.05, 3.63) is 77.6 Å². The smallest absolute Gasteiger partial charge is 0.256 e. The van der Waals surface area contributed by atoms with E-state index in [2.05, 4.69) is 21.0 Å². The first-order valence-electron chi connectivity index (χ1n) is 10.2. The van der Waals surface area contributed by atoms with Crippen molar-refractivity contribution in [2.24, 2.45) is 5.41 Å². The van der Waals surface area contributed by atoms with E-state index in [1.165, 1.54) is 18.5 Å². The highest BCUT2D eigenvalue weighted by Gasteiger charge is 2.37. The summed E-state index contributed by atoms with van der Waals surface area (Å²) < 4.78 is 13.2. The minimum Gasteiger partial charge on any atom is -0.338 e. The fourth-order valence-corrected chi connectivity index (χ4v) is 3.98. The predicted molar refractivity (Wildman–Crippen MR) is 113 cm³/mol. The first kappa shape index (κ1) is 20.6. The van der Waals surface area contributed by atoms with Crippen molar-refractivity contribution in [3.8, 4) is 17.5 Å². The van der Waals surface area contributed by atoms with Gasteiger partial charge in [-0.1, -0.05) is 12.1 Å². The van der Waals surface area contributed by atoms with E-state index in [0.717, 1.165) is 11.3 Å². The summed E-state index contributed by atoms with van der Waals surface area (Å²) in [6, 6.07) is 14.1. The van der Waals surface area contributed by atoms with Gasteiger partial charge in [0.25, 0.3) is 5.91 Å². The summed E-state index contributed by atoms with van der Waals surface area (Å²) in [5.74, 6) is -0.407. The Morgan fingerprint density at radius 2 is 1.90 bits per heavy atom. The molecule has 0 aliphatic carbocycles. The van der Waals surface area contributed by atoms with E-state index in [9.17, 15) is 14.4 Å². The zero-order chi connectivity index (χ0) is 21.8. The Bertz CT molecular complexity index is 1120. The number of amides is 1. The third kappa shape index (κ3) is 4.43. The number of nitrogens with zero attached hydrogens (tertiary/aromatic N) is 5. The molecule has 1 aliphatic heterocycles. The van der Waals surface area contributed by atoms with Crippen molar-refractivity contribution in [2.75, 3.05) is 13.1 Å². The van der Waals surface area contributed by atoms with Gasteiger partial charge in [0.2, 0.25) is 0 Å². The number of carbonyl (C=O) groups is 1. The van der Waals surface area contributed by atoms with Crippen molar-refractivity contribution in [1.82, 2.24) is 19.9 Å². The Labute approximate surface area is 180 Å². The number of hydrogen-bond acceptors (Lipinski definition) is 5. The number of piperidine rings is 1. The monoisotopic (exact) mass is 415 g/mol. The summed E-state index contributed by atoms with van der Waals surface area (Å²) >= 11 is 0. The van der Waals surface area contributed by atoms with E-state index in [-0.39, 0.29) is 11.7 Å². The molecule has 0 N–H and O–H groups in total. The molecule has 0 atom stereocenters. The molecule has 4 rings (SSSR count). The highest BCUT2D eigenvalue weighted by molar-refractivity contribution is 5.99. The summed E-state index contributed by atoms with van der Waals surface area (Å²) in [5.41, 5.74) is 2.79. The lowest BCUT2D eigenvalue weighted by Crippen LogP contribution is -2.43. The van der Waals surface area contributed by atoms with E-state index in [1.807, 2.05) is 13.0 Å². The maximum absolute atomic E-state index is 13.3. The number of carbonyl (C=O) groups excluding carboxylic acids is 1. The Hall–Kier alpha value is -3.66. The zero-order valence-corrected chi connectivity index (χ0v) is 17.3. The third-order valence-corrected chi connectivity index (χ3v) is 5.79. The quantitative estimate of drug-likeness (QED) is 0.644. The van der Waals surface area contributed by atoms with Gasteiger partial charge in [-0.3, -0.25) is 9.78 Å². The molecule has 7 heteroatoms. The summed E-state index contributed by atoms with van der Waals surface area (Å²) in [5, 5.41) is 9.87. The van der Waals surface area contributed by atoms with Gasteiger partial charge in [-0.25, -0.2) is 14.4 Å². The highest BCUT2D eigenvalue weighted by atomic mass is 19.1. The van der Waals surface area contributed by atoms with Crippen LogP contribution in [0.5, 0.6) is 0 Å². The molecule has 1 aromatic carbocycles. The molecule has 0 radical (unpaired) electrons. The van der Waals surface area contributed by atoms with Gasteiger partial charge in [0, 0.05) is 25.0 Å². The number of likely N-dealkylation sites (tertiary alicyclic amines) is 1. The fraction of sp³-hybridized carbons (Fsp3) is 0.292. The number of rotatable bonds is 4. The van der Waals surface area contributed by atoms with Gasteiger partial charge in [0.05, 0.1) is 22.7 Å². The minimum absolute atomic E-state index is 0.116. The lowest BCUT2D eigenvalue weighted by molar-refractivity contribution is 0.0647. The second-order valence-corrected chi connectivity index (χ2v) is 7.93. The van der Waals surface area contributed by atoms with E-state index in [1.54, 1.807) is 35.4 Å². The van der Waals surface area contributed by atoms with Gasteiger partial charge < -0.3 is 4.90 Å². The largest absolute Gasteiger partial charge is 0.338 e. The van der Waals surface area contributed by atoms with Crippen LogP contribution in [0.2, 0.25) is 0 Å². The molecule has 31 heavy (non-hydrogen) atoms. The number of aromatic nitrogens is 3. The van der Waals surface area contributed by atoms with Gasteiger partial charge in [0.15, 0.2) is 0 Å². The van der Waals surface area contributed by atoms with Crippen LogP contribution < -0.4 is 0 Å². The topological polar surface area (TPSA) is 82.8 Å². The summed E-state index contributed by atoms with van der Waals surface area (Å²) in [7, 11) is 0. The van der Waals surface area contributed by atoms with Gasteiger partial charge in [-0.05, 0) is 62.1 Å². The Morgan fingerprint density at radius 1 is 1.16 bits per heavy atom. The predicted octanol–water partition coefficient (Wildman–Crippen LogP) is 3.97. The molecule has 1 saturated heterocycles. The normalized spacial score (nSPS) is 15.3. The molecule has 0 bridgehead atoms. The second-order valence-electron chi connectivity index (χ2n) is 7.93. The van der Waals surface area contributed by atoms with Crippen LogP contribution in [0.1, 0.15) is 34.5 Å². The van der Waals surface area contributed by atoms with Crippen molar-refractivity contribution in [3.63, 3.8) is 0 Å². The standard InChI is InChI=1S/C24H22FN5O/c1-17-2-7-20(22(29-17)21-8-11-27-16-28-21)23(31)30-12-9-24(15-26,10-13-30)14-18-3-5-19(25)6-4-18/h2-8,11,16H,9-10,12-14H2,1H3. The minimum atomic E-state index is -0.560. The number of aryl methyl sites for hydroxylation is 1. The molecule has 3 aromatic rings. The molecule has 1 aliphatic rings. The Morgan fingerprint density at radius 3 is 2.55 bits per heavy atom. The van der Waals surface area contributed by atoms with E-state index in [4.69, 9.17) is 0 Å². The lowest BCUT2D eigenvalue weighted by Gasteiger charge is -2.37. The number of halogens is 1. The molecule has 1 amide bonds. The molecule has 0 saturated carbocycles. The summed E-state index contributed by atoms with van der Waals surface area (Å²) in [4.78, 5) is 27.8. The van der Waals surface area contributed by atoms with E-state index < -0.39 is 5.41 Å². The average molecular weight is 415 g/mol. The van der Waals surface area contributed by atoms with Crippen molar-refractivity contribution in [1.29, 1.82) is 5.26 Å².